The van der Waals surface area contributed by atoms with Crippen molar-refractivity contribution < 1.29 is 28.6 Å². The summed E-state index contributed by atoms with van der Waals surface area (Å²) in [6, 6.07) is 11.0. The van der Waals surface area contributed by atoms with Crippen molar-refractivity contribution in [1.82, 2.24) is 25.4 Å². The zero-order valence-corrected chi connectivity index (χ0v) is 22.2. The Morgan fingerprint density at radius 3 is 2.41 bits per heavy atom. The quantitative estimate of drug-likeness (QED) is 0.356. The number of carbonyl (C=O) groups is 2. The number of fused-ring (bicyclic) bond motifs is 3. The molecule has 3 aliphatic rings. The van der Waals surface area contributed by atoms with Crippen LogP contribution < -0.4 is 20.1 Å². The summed E-state index contributed by atoms with van der Waals surface area (Å²) in [7, 11) is 0. The number of nitrogens with zero attached hydrogens (tertiary/aromatic N) is 3. The topological polar surface area (TPSA) is 128 Å². The van der Waals surface area contributed by atoms with Crippen LogP contribution >= 0.6 is 23.2 Å². The van der Waals surface area contributed by atoms with E-state index in [0.717, 1.165) is 11.8 Å². The van der Waals surface area contributed by atoms with E-state index in [1.54, 1.807) is 24.3 Å². The molecular weight excluding hydrogens is 552 g/mol. The molecule has 3 aliphatic carbocycles. The summed E-state index contributed by atoms with van der Waals surface area (Å²) in [4.78, 5) is 29.3. The molecule has 1 aromatic heterocycles. The number of benzene rings is 2. The molecule has 3 N–H and O–H groups in total. The van der Waals surface area contributed by atoms with Crippen LogP contribution in [0.2, 0.25) is 10.0 Å². The standard InChI is InChI=1S/C26H26Cl2FN5O5/c27-16-1-3-17(4-2-16)34-15-30-24(33-34)39-14-23(37)32-26-9-7-25(8-10-26,12-21(26)35)31-22(36)13-38-18-5-6-19(28)20(29)11-18/h1-6,11,15,21,35H,7-10,12-14H2,(H,31,36)(H,32,37)/t21-,25?,26?/m1/s1. The Kier molecular flexibility index (Phi) is 7.66. The summed E-state index contributed by atoms with van der Waals surface area (Å²) >= 11 is 11.6. The molecule has 39 heavy (non-hydrogen) atoms. The Hall–Kier alpha value is -3.41. The molecular formula is C26H26Cl2FN5O5. The van der Waals surface area contributed by atoms with E-state index in [9.17, 15) is 19.1 Å². The van der Waals surface area contributed by atoms with E-state index in [1.165, 1.54) is 23.1 Å². The first-order valence-corrected chi connectivity index (χ1v) is 13.1. The van der Waals surface area contributed by atoms with Crippen LogP contribution in [0, 0.1) is 5.82 Å². The molecule has 1 atom stereocenters. The highest BCUT2D eigenvalue weighted by molar-refractivity contribution is 6.31. The monoisotopic (exact) mass is 577 g/mol. The second-order valence-electron chi connectivity index (χ2n) is 9.85. The molecule has 3 saturated carbocycles. The van der Waals surface area contributed by atoms with Gasteiger partial charge in [-0.3, -0.25) is 9.59 Å². The summed E-state index contributed by atoms with van der Waals surface area (Å²) in [6.45, 7) is -0.621. The average Bonchev–Trinajstić information content (AvgIpc) is 3.39. The van der Waals surface area contributed by atoms with Crippen molar-refractivity contribution in [2.24, 2.45) is 0 Å². The van der Waals surface area contributed by atoms with E-state index < -0.39 is 28.9 Å². The molecule has 6 rings (SSSR count). The Balaban J connectivity index is 1.10. The van der Waals surface area contributed by atoms with Gasteiger partial charge < -0.3 is 25.2 Å². The molecule has 0 unspecified atom stereocenters. The molecule has 13 heteroatoms. The molecule has 0 radical (unpaired) electrons. The SMILES string of the molecule is O=C(COc1ccc(Cl)c(F)c1)NC12CCC(NC(=O)COc3ncn(-c4ccc(Cl)cc4)n3)(CC1)[C@H](O)C2. The fourth-order valence-electron chi connectivity index (χ4n) is 5.19. The van der Waals surface area contributed by atoms with Crippen LogP contribution in [0.15, 0.2) is 48.8 Å². The molecule has 2 amide bonds. The lowest BCUT2D eigenvalue weighted by molar-refractivity contribution is -0.137. The zero-order chi connectivity index (χ0) is 27.6. The van der Waals surface area contributed by atoms with Crippen LogP contribution in [-0.2, 0) is 9.59 Å². The summed E-state index contributed by atoms with van der Waals surface area (Å²) in [5.41, 5.74) is -0.675. The third-order valence-electron chi connectivity index (χ3n) is 7.27. The molecule has 0 spiro atoms. The van der Waals surface area contributed by atoms with Gasteiger partial charge in [-0.25, -0.2) is 9.07 Å². The lowest BCUT2D eigenvalue weighted by Gasteiger charge is -2.56. The average molecular weight is 578 g/mol. The first-order chi connectivity index (χ1) is 18.7. The molecule has 0 saturated heterocycles. The lowest BCUT2D eigenvalue weighted by Crippen LogP contribution is -2.70. The third kappa shape index (κ3) is 6.10. The summed E-state index contributed by atoms with van der Waals surface area (Å²) in [5.74, 6) is -1.23. The van der Waals surface area contributed by atoms with Crippen molar-refractivity contribution in [1.29, 1.82) is 0 Å². The fraction of sp³-hybridized carbons (Fsp3) is 0.385. The number of hydrogen-bond donors (Lipinski definition) is 3. The van der Waals surface area contributed by atoms with Crippen LogP contribution in [0.1, 0.15) is 32.1 Å². The predicted molar refractivity (Wildman–Crippen MR) is 140 cm³/mol. The van der Waals surface area contributed by atoms with Crippen LogP contribution in [0.4, 0.5) is 4.39 Å². The number of aromatic nitrogens is 3. The number of aliphatic hydroxyl groups is 1. The number of hydrogen-bond acceptors (Lipinski definition) is 7. The van der Waals surface area contributed by atoms with Crippen molar-refractivity contribution in [2.45, 2.75) is 49.3 Å². The highest BCUT2D eigenvalue weighted by Gasteiger charge is 2.55. The molecule has 2 bridgehead atoms. The highest BCUT2D eigenvalue weighted by atomic mass is 35.5. The van der Waals surface area contributed by atoms with Crippen LogP contribution in [-0.4, -0.2) is 62.1 Å². The Morgan fingerprint density at radius 1 is 1.03 bits per heavy atom. The van der Waals surface area contributed by atoms with Gasteiger partial charge in [0.25, 0.3) is 11.8 Å². The first kappa shape index (κ1) is 27.2. The number of aliphatic hydroxyl groups excluding tert-OH is 1. The van der Waals surface area contributed by atoms with Crippen molar-refractivity contribution in [2.75, 3.05) is 13.2 Å². The first-order valence-electron chi connectivity index (χ1n) is 12.3. The van der Waals surface area contributed by atoms with Gasteiger partial charge in [-0.15, -0.1) is 5.10 Å². The predicted octanol–water partition coefficient (Wildman–Crippen LogP) is 3.22. The normalized spacial score (nSPS) is 23.7. The second kappa shape index (κ2) is 11.0. The summed E-state index contributed by atoms with van der Waals surface area (Å²) in [5, 5.41) is 21.6. The van der Waals surface area contributed by atoms with Crippen molar-refractivity contribution in [3.05, 3.63) is 64.7 Å². The number of nitrogens with one attached hydrogen (secondary N) is 2. The van der Waals surface area contributed by atoms with Gasteiger partial charge in [-0.1, -0.05) is 23.2 Å². The molecule has 206 valence electrons. The second-order valence-corrected chi connectivity index (χ2v) is 10.7. The number of rotatable bonds is 9. The fourth-order valence-corrected chi connectivity index (χ4v) is 5.43. The van der Waals surface area contributed by atoms with E-state index >= 15 is 0 Å². The Labute approximate surface area is 233 Å². The zero-order valence-electron chi connectivity index (χ0n) is 20.7. The van der Waals surface area contributed by atoms with Gasteiger partial charge in [0.15, 0.2) is 13.2 Å². The maximum Gasteiger partial charge on any atom is 0.336 e. The number of ether oxygens (including phenoxy) is 2. The molecule has 0 aliphatic heterocycles. The van der Waals surface area contributed by atoms with Gasteiger partial charge >= 0.3 is 6.01 Å². The van der Waals surface area contributed by atoms with Gasteiger partial charge in [0.1, 0.15) is 17.9 Å². The Bertz CT molecular complexity index is 1360. The van der Waals surface area contributed by atoms with E-state index in [4.69, 9.17) is 32.7 Å². The maximum absolute atomic E-state index is 13.6. The van der Waals surface area contributed by atoms with Gasteiger partial charge in [0, 0.05) is 16.6 Å². The minimum atomic E-state index is -0.863. The minimum Gasteiger partial charge on any atom is -0.484 e. The van der Waals surface area contributed by atoms with E-state index in [-0.39, 0.29) is 42.3 Å². The molecule has 3 fully saturated rings. The van der Waals surface area contributed by atoms with Crippen molar-refractivity contribution >= 4 is 35.0 Å². The van der Waals surface area contributed by atoms with Crippen LogP contribution in [0.25, 0.3) is 5.69 Å². The number of carbonyl (C=O) groups excluding carboxylic acids is 2. The van der Waals surface area contributed by atoms with Gasteiger partial charge in [0.2, 0.25) is 0 Å². The maximum atomic E-state index is 13.6. The van der Waals surface area contributed by atoms with Crippen molar-refractivity contribution in [3.63, 3.8) is 0 Å². The van der Waals surface area contributed by atoms with E-state index in [0.29, 0.717) is 30.7 Å². The van der Waals surface area contributed by atoms with Gasteiger partial charge in [0.05, 0.1) is 22.4 Å². The highest BCUT2D eigenvalue weighted by Crippen LogP contribution is 2.47. The Morgan fingerprint density at radius 2 is 1.72 bits per heavy atom. The minimum absolute atomic E-state index is 0.0344. The molecule has 10 nitrogen and oxygen atoms in total. The summed E-state index contributed by atoms with van der Waals surface area (Å²) < 4.78 is 25.9. The van der Waals surface area contributed by atoms with Crippen LogP contribution in [0.3, 0.4) is 0 Å². The van der Waals surface area contributed by atoms with E-state index in [1.807, 2.05) is 0 Å². The number of amides is 2. The summed E-state index contributed by atoms with van der Waals surface area (Å²) in [6.07, 6.45) is 2.98. The molecule has 2 aromatic carbocycles. The lowest BCUT2D eigenvalue weighted by atomic mass is 9.60. The molecule has 3 aromatic rings. The molecule has 1 heterocycles. The third-order valence-corrected chi connectivity index (χ3v) is 7.83. The van der Waals surface area contributed by atoms with Gasteiger partial charge in [-0.2, -0.15) is 4.98 Å². The van der Waals surface area contributed by atoms with Gasteiger partial charge in [-0.05, 0) is 68.5 Å². The van der Waals surface area contributed by atoms with Crippen molar-refractivity contribution in [3.8, 4) is 17.4 Å². The smallest absolute Gasteiger partial charge is 0.336 e. The van der Waals surface area contributed by atoms with E-state index in [2.05, 4.69) is 20.7 Å². The number of halogens is 3. The largest absolute Gasteiger partial charge is 0.484 e. The van der Waals surface area contributed by atoms with Crippen LogP contribution in [0.5, 0.6) is 11.8 Å².